The predicted octanol–water partition coefficient (Wildman–Crippen LogP) is 4.78. The molecule has 3 rings (SSSR count). The van der Waals surface area contributed by atoms with Gasteiger partial charge in [0.1, 0.15) is 18.4 Å². The molecule has 5 nitrogen and oxygen atoms in total. The molecule has 0 spiro atoms. The summed E-state index contributed by atoms with van der Waals surface area (Å²) in [6, 6.07) is 16.8. The molecule has 6 heteroatoms. The first-order valence-corrected chi connectivity index (χ1v) is 12.9. The quantitative estimate of drug-likeness (QED) is 0.480. The molecule has 2 amide bonds. The third-order valence-electron chi connectivity index (χ3n) is 5.90. The van der Waals surface area contributed by atoms with Crippen LogP contribution in [0.2, 0.25) is 0 Å². The van der Waals surface area contributed by atoms with Gasteiger partial charge in [0.05, 0.1) is 6.54 Å². The van der Waals surface area contributed by atoms with Crippen LogP contribution in [-0.2, 0) is 4.79 Å². The van der Waals surface area contributed by atoms with Crippen LogP contribution in [0.1, 0.15) is 60.4 Å². The summed E-state index contributed by atoms with van der Waals surface area (Å²) in [6.07, 6.45) is 9.14. The molecule has 1 fully saturated rings. The highest BCUT2D eigenvalue weighted by atomic mass is 32.2. The molecule has 0 heterocycles. The maximum absolute atomic E-state index is 12.7. The Balaban J connectivity index is 1.43. The second-order valence-electron chi connectivity index (χ2n) is 8.22. The summed E-state index contributed by atoms with van der Waals surface area (Å²) in [7, 11) is 0. The third-order valence-corrected chi connectivity index (χ3v) is 6.54. The van der Waals surface area contributed by atoms with E-state index in [9.17, 15) is 9.59 Å². The van der Waals surface area contributed by atoms with Crippen LogP contribution in [0.3, 0.4) is 0 Å². The summed E-state index contributed by atoms with van der Waals surface area (Å²) < 4.78 is 5.80. The summed E-state index contributed by atoms with van der Waals surface area (Å²) in [5.74, 6) is 1.87. The number of amides is 2. The molecular formula is C26H34N2O3S. The molecule has 1 aliphatic rings. The zero-order chi connectivity index (χ0) is 22.6. The van der Waals surface area contributed by atoms with E-state index in [1.54, 1.807) is 23.9 Å². The fourth-order valence-electron chi connectivity index (χ4n) is 4.07. The van der Waals surface area contributed by atoms with Gasteiger partial charge in [-0.25, -0.2) is 0 Å². The van der Waals surface area contributed by atoms with Crippen molar-refractivity contribution >= 4 is 23.6 Å². The Morgan fingerprint density at radius 1 is 1.03 bits per heavy atom. The van der Waals surface area contributed by atoms with Gasteiger partial charge in [-0.15, -0.1) is 0 Å². The molecule has 0 aliphatic heterocycles. The number of rotatable bonds is 11. The zero-order valence-corrected chi connectivity index (χ0v) is 19.7. The topological polar surface area (TPSA) is 67.4 Å². The molecule has 0 aromatic heterocycles. The molecule has 1 unspecified atom stereocenters. The standard InChI is InChI=1S/C26H34N2O3S/c1-32-19-16-24(28-25(29)22-10-6-3-7-11-22)26(30)27-17-18-31-23-14-12-21(13-15-23)20-8-4-2-5-9-20/h3,6-7,10-15,20,24H,2,4-5,8-9,16-19H2,1H3,(H,27,30)(H,28,29). The number of hydrogen-bond donors (Lipinski definition) is 2. The van der Waals surface area contributed by atoms with Gasteiger partial charge >= 0.3 is 0 Å². The smallest absolute Gasteiger partial charge is 0.251 e. The number of carbonyl (C=O) groups is 2. The summed E-state index contributed by atoms with van der Waals surface area (Å²) in [5, 5.41) is 5.75. The van der Waals surface area contributed by atoms with E-state index < -0.39 is 6.04 Å². The monoisotopic (exact) mass is 454 g/mol. The van der Waals surface area contributed by atoms with E-state index in [0.717, 1.165) is 11.5 Å². The minimum Gasteiger partial charge on any atom is -0.492 e. The lowest BCUT2D eigenvalue weighted by Gasteiger charge is -2.22. The summed E-state index contributed by atoms with van der Waals surface area (Å²) in [4.78, 5) is 25.1. The molecule has 1 aliphatic carbocycles. The average Bonchev–Trinajstić information content (AvgIpc) is 2.85. The molecule has 2 aromatic rings. The average molecular weight is 455 g/mol. The normalized spacial score (nSPS) is 15.0. The lowest BCUT2D eigenvalue weighted by atomic mass is 9.84. The van der Waals surface area contributed by atoms with Crippen LogP contribution in [0.25, 0.3) is 0 Å². The number of hydrogen-bond acceptors (Lipinski definition) is 4. The largest absolute Gasteiger partial charge is 0.492 e. The van der Waals surface area contributed by atoms with Crippen molar-refractivity contribution in [2.24, 2.45) is 0 Å². The van der Waals surface area contributed by atoms with Gasteiger partial charge < -0.3 is 15.4 Å². The Bertz CT molecular complexity index is 836. The molecule has 0 radical (unpaired) electrons. The van der Waals surface area contributed by atoms with E-state index in [-0.39, 0.29) is 11.8 Å². The van der Waals surface area contributed by atoms with E-state index in [1.165, 1.54) is 37.7 Å². The van der Waals surface area contributed by atoms with Crippen LogP contribution >= 0.6 is 11.8 Å². The number of thioether (sulfide) groups is 1. The SMILES string of the molecule is CSCCC(NC(=O)c1ccccc1)C(=O)NCCOc1ccc(C2CCCCC2)cc1. The maximum Gasteiger partial charge on any atom is 0.251 e. The van der Waals surface area contributed by atoms with Crippen LogP contribution in [0.15, 0.2) is 54.6 Å². The zero-order valence-electron chi connectivity index (χ0n) is 18.8. The molecule has 2 N–H and O–H groups in total. The Hall–Kier alpha value is -2.47. The highest BCUT2D eigenvalue weighted by Gasteiger charge is 2.21. The fraction of sp³-hybridized carbons (Fsp3) is 0.462. The summed E-state index contributed by atoms with van der Waals surface area (Å²) in [6.45, 7) is 0.774. The van der Waals surface area contributed by atoms with Crippen molar-refractivity contribution in [1.29, 1.82) is 0 Å². The van der Waals surface area contributed by atoms with E-state index in [4.69, 9.17) is 4.74 Å². The van der Waals surface area contributed by atoms with Crippen molar-refractivity contribution in [3.63, 3.8) is 0 Å². The molecule has 0 saturated heterocycles. The van der Waals surface area contributed by atoms with Gasteiger partial charge in [-0.1, -0.05) is 49.6 Å². The fourth-order valence-corrected chi connectivity index (χ4v) is 4.55. The van der Waals surface area contributed by atoms with Crippen LogP contribution in [-0.4, -0.2) is 43.0 Å². The number of carbonyl (C=O) groups excluding carboxylic acids is 2. The Labute approximate surface area is 195 Å². The number of nitrogens with one attached hydrogen (secondary N) is 2. The van der Waals surface area contributed by atoms with Crippen LogP contribution in [0.4, 0.5) is 0 Å². The molecule has 172 valence electrons. The first kappa shape index (κ1) is 24.2. The van der Waals surface area contributed by atoms with Crippen molar-refractivity contribution in [2.45, 2.75) is 50.5 Å². The van der Waals surface area contributed by atoms with Crippen molar-refractivity contribution in [3.05, 3.63) is 65.7 Å². The van der Waals surface area contributed by atoms with Crippen molar-refractivity contribution in [1.82, 2.24) is 10.6 Å². The minimum atomic E-state index is -0.565. The molecule has 2 aromatic carbocycles. The van der Waals surface area contributed by atoms with Gasteiger partial charge in [-0.3, -0.25) is 9.59 Å². The van der Waals surface area contributed by atoms with E-state index in [0.29, 0.717) is 31.1 Å². The minimum absolute atomic E-state index is 0.181. The van der Waals surface area contributed by atoms with Crippen molar-refractivity contribution < 1.29 is 14.3 Å². The molecule has 1 atom stereocenters. The maximum atomic E-state index is 12.7. The van der Waals surface area contributed by atoms with Crippen LogP contribution in [0, 0.1) is 0 Å². The lowest BCUT2D eigenvalue weighted by Crippen LogP contribution is -2.47. The second kappa shape index (κ2) is 13.2. The highest BCUT2D eigenvalue weighted by Crippen LogP contribution is 2.33. The Morgan fingerprint density at radius 3 is 2.44 bits per heavy atom. The van der Waals surface area contributed by atoms with E-state index in [1.807, 2.05) is 36.6 Å². The highest BCUT2D eigenvalue weighted by molar-refractivity contribution is 7.98. The van der Waals surface area contributed by atoms with Crippen molar-refractivity contribution in [3.8, 4) is 5.75 Å². The predicted molar refractivity (Wildman–Crippen MR) is 131 cm³/mol. The first-order valence-electron chi connectivity index (χ1n) is 11.5. The Morgan fingerprint density at radius 2 is 1.75 bits per heavy atom. The van der Waals surface area contributed by atoms with Crippen LogP contribution < -0.4 is 15.4 Å². The summed E-state index contributed by atoms with van der Waals surface area (Å²) >= 11 is 1.65. The summed E-state index contributed by atoms with van der Waals surface area (Å²) in [5.41, 5.74) is 1.95. The molecule has 0 bridgehead atoms. The second-order valence-corrected chi connectivity index (χ2v) is 9.20. The number of benzene rings is 2. The lowest BCUT2D eigenvalue weighted by molar-refractivity contribution is -0.123. The van der Waals surface area contributed by atoms with Gasteiger partial charge in [0.2, 0.25) is 5.91 Å². The molecular weight excluding hydrogens is 420 g/mol. The van der Waals surface area contributed by atoms with Gasteiger partial charge in [0.25, 0.3) is 5.91 Å². The van der Waals surface area contributed by atoms with Gasteiger partial charge in [-0.05, 0) is 67.0 Å². The Kier molecular flexibility index (Phi) is 9.95. The first-order chi connectivity index (χ1) is 15.7. The van der Waals surface area contributed by atoms with Crippen LogP contribution in [0.5, 0.6) is 5.75 Å². The molecule has 1 saturated carbocycles. The van der Waals surface area contributed by atoms with E-state index in [2.05, 4.69) is 22.8 Å². The van der Waals surface area contributed by atoms with Gasteiger partial charge in [0, 0.05) is 5.56 Å². The number of ether oxygens (including phenoxy) is 1. The third kappa shape index (κ3) is 7.59. The molecule has 32 heavy (non-hydrogen) atoms. The van der Waals surface area contributed by atoms with E-state index >= 15 is 0 Å². The van der Waals surface area contributed by atoms with Gasteiger partial charge in [0.15, 0.2) is 0 Å². The van der Waals surface area contributed by atoms with Gasteiger partial charge in [-0.2, -0.15) is 11.8 Å². The van der Waals surface area contributed by atoms with Crippen molar-refractivity contribution in [2.75, 3.05) is 25.2 Å².